The first kappa shape index (κ1) is 20.2. The standard InChI is InChI=1S/C21H21Cl2N3O2/c1-12-5-6-15(9-17(12)23)10-26-11-19(28-4)20(27)25-21(26)24-18-8-13(2)16(22)7-14(18)3/h5-9,11H,10H2,1-4H3,(H,24,25,27). The Morgan fingerprint density at radius 2 is 1.75 bits per heavy atom. The Balaban J connectivity index is 2.04. The van der Waals surface area contributed by atoms with Crippen LogP contribution in [0.5, 0.6) is 5.75 Å². The predicted octanol–water partition coefficient (Wildman–Crippen LogP) is 5.28. The van der Waals surface area contributed by atoms with Gasteiger partial charge in [0, 0.05) is 15.7 Å². The summed E-state index contributed by atoms with van der Waals surface area (Å²) in [6, 6.07) is 9.67. The molecule has 146 valence electrons. The lowest BCUT2D eigenvalue weighted by molar-refractivity contribution is 0.402. The summed E-state index contributed by atoms with van der Waals surface area (Å²) in [6.45, 7) is 6.29. The summed E-state index contributed by atoms with van der Waals surface area (Å²) in [4.78, 5) is 16.4. The third kappa shape index (κ3) is 4.32. The maximum atomic E-state index is 12.2. The number of aryl methyl sites for hydroxylation is 3. The van der Waals surface area contributed by atoms with Crippen molar-refractivity contribution >= 4 is 34.8 Å². The van der Waals surface area contributed by atoms with Crippen molar-refractivity contribution in [3.63, 3.8) is 0 Å². The van der Waals surface area contributed by atoms with Gasteiger partial charge in [-0.3, -0.25) is 4.79 Å². The zero-order valence-corrected chi connectivity index (χ0v) is 17.6. The van der Waals surface area contributed by atoms with Gasteiger partial charge in [0.2, 0.25) is 11.7 Å². The van der Waals surface area contributed by atoms with E-state index >= 15 is 0 Å². The summed E-state index contributed by atoms with van der Waals surface area (Å²) in [5.41, 5.74) is 4.26. The van der Waals surface area contributed by atoms with Crippen LogP contribution < -0.4 is 15.6 Å². The molecule has 5 nitrogen and oxygen atoms in total. The smallest absolute Gasteiger partial charge is 0.316 e. The molecule has 3 aromatic rings. The highest BCUT2D eigenvalue weighted by atomic mass is 35.5. The normalized spacial score (nSPS) is 10.8. The highest BCUT2D eigenvalue weighted by Crippen LogP contribution is 2.27. The maximum absolute atomic E-state index is 12.2. The number of methoxy groups -OCH3 is 1. The summed E-state index contributed by atoms with van der Waals surface area (Å²) in [5.74, 6) is 0.583. The van der Waals surface area contributed by atoms with Gasteiger partial charge in [-0.05, 0) is 61.2 Å². The molecule has 1 N–H and O–H groups in total. The minimum Gasteiger partial charge on any atom is -0.490 e. The van der Waals surface area contributed by atoms with Crippen LogP contribution in [0.4, 0.5) is 11.6 Å². The molecule has 0 unspecified atom stereocenters. The van der Waals surface area contributed by atoms with Crippen molar-refractivity contribution in [3.8, 4) is 5.75 Å². The number of ether oxygens (including phenoxy) is 1. The number of rotatable bonds is 5. The molecule has 0 spiro atoms. The zero-order chi connectivity index (χ0) is 20.4. The van der Waals surface area contributed by atoms with Gasteiger partial charge in [-0.15, -0.1) is 0 Å². The van der Waals surface area contributed by atoms with Gasteiger partial charge < -0.3 is 14.6 Å². The first-order chi connectivity index (χ1) is 13.3. The van der Waals surface area contributed by atoms with Crippen LogP contribution in [0.1, 0.15) is 22.3 Å². The predicted molar refractivity (Wildman–Crippen MR) is 115 cm³/mol. The van der Waals surface area contributed by atoms with Crippen molar-refractivity contribution < 1.29 is 4.74 Å². The second-order valence-electron chi connectivity index (χ2n) is 6.69. The molecule has 0 aliphatic rings. The van der Waals surface area contributed by atoms with E-state index in [0.29, 0.717) is 22.5 Å². The Bertz CT molecular complexity index is 1090. The zero-order valence-electron chi connectivity index (χ0n) is 16.1. The Morgan fingerprint density at radius 1 is 1.04 bits per heavy atom. The van der Waals surface area contributed by atoms with Crippen LogP contribution in [-0.4, -0.2) is 16.7 Å². The molecule has 0 amide bonds. The van der Waals surface area contributed by atoms with Crippen molar-refractivity contribution in [2.75, 3.05) is 12.4 Å². The first-order valence-electron chi connectivity index (χ1n) is 8.72. The third-order valence-corrected chi connectivity index (χ3v) is 5.34. The van der Waals surface area contributed by atoms with Gasteiger partial charge >= 0.3 is 5.56 Å². The van der Waals surface area contributed by atoms with Crippen LogP contribution in [0.3, 0.4) is 0 Å². The van der Waals surface area contributed by atoms with Crippen molar-refractivity contribution in [1.82, 2.24) is 9.55 Å². The Hall–Kier alpha value is -2.50. The minimum absolute atomic E-state index is 0.174. The Kier molecular flexibility index (Phi) is 5.96. The lowest BCUT2D eigenvalue weighted by atomic mass is 10.1. The maximum Gasteiger partial charge on any atom is 0.316 e. The van der Waals surface area contributed by atoms with Crippen LogP contribution in [0.25, 0.3) is 0 Å². The number of nitrogens with zero attached hydrogens (tertiary/aromatic N) is 2. The average Bonchev–Trinajstić information content (AvgIpc) is 2.64. The molecule has 28 heavy (non-hydrogen) atoms. The summed E-state index contributed by atoms with van der Waals surface area (Å²) in [6.07, 6.45) is 1.64. The fraction of sp³-hybridized carbons (Fsp3) is 0.238. The van der Waals surface area contributed by atoms with E-state index in [1.807, 2.05) is 55.7 Å². The molecule has 1 heterocycles. The molecule has 1 aromatic heterocycles. The Morgan fingerprint density at radius 3 is 2.43 bits per heavy atom. The number of hydrogen-bond donors (Lipinski definition) is 1. The van der Waals surface area contributed by atoms with Gasteiger partial charge in [0.1, 0.15) is 0 Å². The molecular weight excluding hydrogens is 397 g/mol. The molecule has 0 radical (unpaired) electrons. The van der Waals surface area contributed by atoms with E-state index < -0.39 is 5.56 Å². The van der Waals surface area contributed by atoms with E-state index in [4.69, 9.17) is 27.9 Å². The molecule has 0 aliphatic carbocycles. The SMILES string of the molecule is COc1cn(Cc2ccc(C)c(Cl)c2)c(Nc2cc(C)c(Cl)cc2C)nc1=O. The largest absolute Gasteiger partial charge is 0.490 e. The summed E-state index contributed by atoms with van der Waals surface area (Å²) >= 11 is 12.5. The second-order valence-corrected chi connectivity index (χ2v) is 7.51. The highest BCUT2D eigenvalue weighted by Gasteiger charge is 2.12. The quantitative estimate of drug-likeness (QED) is 0.613. The fourth-order valence-electron chi connectivity index (χ4n) is 2.80. The number of aromatic nitrogens is 2. The van der Waals surface area contributed by atoms with E-state index in [1.165, 1.54) is 7.11 Å². The molecule has 0 fully saturated rings. The van der Waals surface area contributed by atoms with E-state index in [-0.39, 0.29) is 5.75 Å². The monoisotopic (exact) mass is 417 g/mol. The van der Waals surface area contributed by atoms with Gasteiger partial charge in [0.15, 0.2) is 0 Å². The third-order valence-electron chi connectivity index (χ3n) is 4.52. The molecule has 0 saturated heterocycles. The van der Waals surface area contributed by atoms with Gasteiger partial charge in [-0.25, -0.2) is 0 Å². The van der Waals surface area contributed by atoms with Crippen molar-refractivity contribution in [2.24, 2.45) is 0 Å². The Labute approximate surface area is 173 Å². The molecule has 0 atom stereocenters. The summed E-state index contributed by atoms with van der Waals surface area (Å²) < 4.78 is 6.99. The van der Waals surface area contributed by atoms with Crippen molar-refractivity contribution in [3.05, 3.63) is 79.2 Å². The van der Waals surface area contributed by atoms with E-state index in [9.17, 15) is 4.79 Å². The summed E-state index contributed by atoms with van der Waals surface area (Å²) in [7, 11) is 1.45. The lowest BCUT2D eigenvalue weighted by Gasteiger charge is -2.17. The van der Waals surface area contributed by atoms with Gasteiger partial charge in [0.05, 0.1) is 19.9 Å². The molecule has 7 heteroatoms. The minimum atomic E-state index is -0.438. The van der Waals surface area contributed by atoms with Crippen LogP contribution in [0.15, 0.2) is 41.3 Å². The van der Waals surface area contributed by atoms with E-state index in [1.54, 1.807) is 6.20 Å². The van der Waals surface area contributed by atoms with Gasteiger partial charge in [-0.2, -0.15) is 4.98 Å². The molecule has 0 bridgehead atoms. The van der Waals surface area contributed by atoms with Gasteiger partial charge in [0.25, 0.3) is 0 Å². The number of hydrogen-bond acceptors (Lipinski definition) is 4. The topological polar surface area (TPSA) is 56.1 Å². The van der Waals surface area contributed by atoms with Crippen molar-refractivity contribution in [2.45, 2.75) is 27.3 Å². The molecule has 0 aliphatic heterocycles. The molecule has 3 rings (SSSR count). The van der Waals surface area contributed by atoms with E-state index in [0.717, 1.165) is 27.9 Å². The van der Waals surface area contributed by atoms with Crippen LogP contribution in [0.2, 0.25) is 10.0 Å². The second kappa shape index (κ2) is 8.25. The molecular formula is C21H21Cl2N3O2. The van der Waals surface area contributed by atoms with Gasteiger partial charge in [-0.1, -0.05) is 35.3 Å². The van der Waals surface area contributed by atoms with Crippen LogP contribution >= 0.6 is 23.2 Å². The first-order valence-corrected chi connectivity index (χ1v) is 9.48. The molecule has 0 saturated carbocycles. The summed E-state index contributed by atoms with van der Waals surface area (Å²) in [5, 5.41) is 4.64. The number of halogens is 2. The van der Waals surface area contributed by atoms with Crippen LogP contribution in [-0.2, 0) is 6.54 Å². The highest BCUT2D eigenvalue weighted by molar-refractivity contribution is 6.31. The number of nitrogens with one attached hydrogen (secondary N) is 1. The lowest BCUT2D eigenvalue weighted by Crippen LogP contribution is -2.19. The number of benzene rings is 2. The van der Waals surface area contributed by atoms with E-state index in [2.05, 4.69) is 10.3 Å². The van der Waals surface area contributed by atoms with Crippen LogP contribution in [0, 0.1) is 20.8 Å². The number of anilines is 2. The fourth-order valence-corrected chi connectivity index (χ4v) is 3.22. The average molecular weight is 418 g/mol. The van der Waals surface area contributed by atoms with Crippen molar-refractivity contribution in [1.29, 1.82) is 0 Å². The molecule has 2 aromatic carbocycles.